The molecule has 82 valence electrons. The van der Waals surface area contributed by atoms with E-state index in [1.54, 1.807) is 22.3 Å². The van der Waals surface area contributed by atoms with Crippen LogP contribution in [0.4, 0.5) is 0 Å². The summed E-state index contributed by atoms with van der Waals surface area (Å²) in [4.78, 5) is 0. The number of rotatable bonds is 2. The molecule has 0 atom stereocenters. The lowest BCUT2D eigenvalue weighted by atomic mass is 9.81. The quantitative estimate of drug-likeness (QED) is 0.672. The molecule has 1 aliphatic rings. The molecule has 0 N–H and O–H groups in total. The van der Waals surface area contributed by atoms with Crippen molar-refractivity contribution in [2.45, 2.75) is 58.8 Å². The van der Waals surface area contributed by atoms with E-state index in [-0.39, 0.29) is 0 Å². The molecule has 1 aromatic rings. The summed E-state index contributed by atoms with van der Waals surface area (Å²) in [5.74, 6) is 0.688. The zero-order chi connectivity index (χ0) is 10.8. The molecule has 1 aliphatic carbocycles. The van der Waals surface area contributed by atoms with Crippen LogP contribution in [-0.4, -0.2) is 0 Å². The van der Waals surface area contributed by atoms with Crippen molar-refractivity contribution in [1.29, 1.82) is 0 Å². The minimum absolute atomic E-state index is 0.688. The van der Waals surface area contributed by atoms with E-state index in [9.17, 15) is 0 Å². The van der Waals surface area contributed by atoms with Gasteiger partial charge in [-0.3, -0.25) is 0 Å². The van der Waals surface area contributed by atoms with Gasteiger partial charge in [-0.25, -0.2) is 0 Å². The SMILES string of the molecule is CCc1ccc2c(c1C(C)C)CCCC2. The van der Waals surface area contributed by atoms with Crippen molar-refractivity contribution in [2.24, 2.45) is 0 Å². The summed E-state index contributed by atoms with van der Waals surface area (Å²) < 4.78 is 0. The Balaban J connectivity index is 2.54. The van der Waals surface area contributed by atoms with E-state index in [1.807, 2.05) is 0 Å². The van der Waals surface area contributed by atoms with Crippen LogP contribution < -0.4 is 0 Å². The smallest absolute Gasteiger partial charge is 0.0213 e. The number of aryl methyl sites for hydroxylation is 2. The lowest BCUT2D eigenvalue weighted by Crippen LogP contribution is -2.10. The highest BCUT2D eigenvalue weighted by molar-refractivity contribution is 5.44. The third kappa shape index (κ3) is 1.95. The van der Waals surface area contributed by atoms with Crippen LogP contribution in [0.5, 0.6) is 0 Å². The molecule has 0 saturated heterocycles. The van der Waals surface area contributed by atoms with Crippen LogP contribution >= 0.6 is 0 Å². The summed E-state index contributed by atoms with van der Waals surface area (Å²) in [6.45, 7) is 6.95. The van der Waals surface area contributed by atoms with Crippen LogP contribution in [0, 0.1) is 0 Å². The van der Waals surface area contributed by atoms with E-state index in [2.05, 4.69) is 32.9 Å². The molecule has 0 bridgehead atoms. The Morgan fingerprint density at radius 1 is 1.13 bits per heavy atom. The van der Waals surface area contributed by atoms with Crippen LogP contribution in [0.15, 0.2) is 12.1 Å². The zero-order valence-electron chi connectivity index (χ0n) is 10.3. The van der Waals surface area contributed by atoms with Gasteiger partial charge >= 0.3 is 0 Å². The summed E-state index contributed by atoms with van der Waals surface area (Å²) in [7, 11) is 0. The van der Waals surface area contributed by atoms with Crippen molar-refractivity contribution in [3.8, 4) is 0 Å². The van der Waals surface area contributed by atoms with Gasteiger partial charge in [0.05, 0.1) is 0 Å². The van der Waals surface area contributed by atoms with Gasteiger partial charge in [-0.2, -0.15) is 0 Å². The van der Waals surface area contributed by atoms with Gasteiger partial charge in [-0.1, -0.05) is 32.9 Å². The summed E-state index contributed by atoms with van der Waals surface area (Å²) in [5, 5.41) is 0. The first kappa shape index (κ1) is 10.7. The first-order valence-electron chi connectivity index (χ1n) is 6.37. The van der Waals surface area contributed by atoms with Gasteiger partial charge in [0.15, 0.2) is 0 Å². The Bertz CT molecular complexity index is 347. The normalized spacial score (nSPS) is 15.5. The maximum absolute atomic E-state index is 2.37. The fourth-order valence-corrected chi connectivity index (χ4v) is 2.93. The molecule has 0 heteroatoms. The second kappa shape index (κ2) is 4.38. The number of fused-ring (bicyclic) bond motifs is 1. The molecule has 0 amide bonds. The molecular weight excluding hydrogens is 180 g/mol. The van der Waals surface area contributed by atoms with Crippen LogP contribution in [0.3, 0.4) is 0 Å². The molecule has 0 aliphatic heterocycles. The second-order valence-electron chi connectivity index (χ2n) is 4.99. The summed E-state index contributed by atoms with van der Waals surface area (Å²) in [5.41, 5.74) is 6.55. The van der Waals surface area contributed by atoms with E-state index in [1.165, 1.54) is 32.1 Å². The summed E-state index contributed by atoms with van der Waals surface area (Å²) in [6.07, 6.45) is 6.58. The predicted octanol–water partition coefficient (Wildman–Crippen LogP) is 4.25. The maximum atomic E-state index is 2.37. The third-order valence-corrected chi connectivity index (χ3v) is 3.63. The Morgan fingerprint density at radius 3 is 2.53 bits per heavy atom. The van der Waals surface area contributed by atoms with Gasteiger partial charge in [0.1, 0.15) is 0 Å². The van der Waals surface area contributed by atoms with Crippen molar-refractivity contribution in [2.75, 3.05) is 0 Å². The van der Waals surface area contributed by atoms with Crippen molar-refractivity contribution in [3.05, 3.63) is 34.4 Å². The molecule has 0 radical (unpaired) electrons. The van der Waals surface area contributed by atoms with Gasteiger partial charge in [-0.05, 0) is 60.3 Å². The van der Waals surface area contributed by atoms with Crippen LogP contribution in [0.2, 0.25) is 0 Å². The molecule has 0 saturated carbocycles. The first-order valence-corrected chi connectivity index (χ1v) is 6.37. The average Bonchev–Trinajstić information content (AvgIpc) is 2.27. The zero-order valence-corrected chi connectivity index (χ0v) is 10.3. The van der Waals surface area contributed by atoms with Crippen molar-refractivity contribution in [1.82, 2.24) is 0 Å². The van der Waals surface area contributed by atoms with Gasteiger partial charge < -0.3 is 0 Å². The average molecular weight is 202 g/mol. The van der Waals surface area contributed by atoms with Crippen LogP contribution in [-0.2, 0) is 19.3 Å². The van der Waals surface area contributed by atoms with Gasteiger partial charge in [0.2, 0.25) is 0 Å². The highest BCUT2D eigenvalue weighted by Crippen LogP contribution is 2.32. The molecule has 15 heavy (non-hydrogen) atoms. The first-order chi connectivity index (χ1) is 7.24. The molecule has 0 spiro atoms. The Kier molecular flexibility index (Phi) is 3.14. The lowest BCUT2D eigenvalue weighted by molar-refractivity contribution is 0.667. The lowest BCUT2D eigenvalue weighted by Gasteiger charge is -2.24. The Hall–Kier alpha value is -0.780. The van der Waals surface area contributed by atoms with Crippen molar-refractivity contribution >= 4 is 0 Å². The fraction of sp³-hybridized carbons (Fsp3) is 0.600. The number of hydrogen-bond donors (Lipinski definition) is 0. The van der Waals surface area contributed by atoms with Crippen LogP contribution in [0.1, 0.15) is 61.8 Å². The molecule has 0 nitrogen and oxygen atoms in total. The van der Waals surface area contributed by atoms with Crippen LogP contribution in [0.25, 0.3) is 0 Å². The molecule has 0 unspecified atom stereocenters. The minimum Gasteiger partial charge on any atom is -0.0613 e. The van der Waals surface area contributed by atoms with Gasteiger partial charge in [0.25, 0.3) is 0 Å². The van der Waals surface area contributed by atoms with E-state index in [0.29, 0.717) is 5.92 Å². The van der Waals surface area contributed by atoms with E-state index in [4.69, 9.17) is 0 Å². The molecule has 1 aromatic carbocycles. The monoisotopic (exact) mass is 202 g/mol. The van der Waals surface area contributed by atoms with E-state index >= 15 is 0 Å². The predicted molar refractivity (Wildman–Crippen MR) is 66.6 cm³/mol. The molecule has 0 aromatic heterocycles. The maximum Gasteiger partial charge on any atom is -0.0213 e. The second-order valence-corrected chi connectivity index (χ2v) is 4.99. The topological polar surface area (TPSA) is 0 Å². The van der Waals surface area contributed by atoms with Gasteiger partial charge in [0, 0.05) is 0 Å². The Labute approximate surface area is 93.7 Å². The number of hydrogen-bond acceptors (Lipinski definition) is 0. The van der Waals surface area contributed by atoms with Gasteiger partial charge in [-0.15, -0.1) is 0 Å². The largest absolute Gasteiger partial charge is 0.0613 e. The summed E-state index contributed by atoms with van der Waals surface area (Å²) in [6, 6.07) is 4.73. The molecule has 0 fully saturated rings. The summed E-state index contributed by atoms with van der Waals surface area (Å²) >= 11 is 0. The third-order valence-electron chi connectivity index (χ3n) is 3.63. The Morgan fingerprint density at radius 2 is 1.87 bits per heavy atom. The minimum atomic E-state index is 0.688. The van der Waals surface area contributed by atoms with E-state index < -0.39 is 0 Å². The van der Waals surface area contributed by atoms with E-state index in [0.717, 1.165) is 0 Å². The highest BCUT2D eigenvalue weighted by Gasteiger charge is 2.17. The number of benzene rings is 1. The van der Waals surface area contributed by atoms with Crippen molar-refractivity contribution in [3.63, 3.8) is 0 Å². The fourth-order valence-electron chi connectivity index (χ4n) is 2.93. The van der Waals surface area contributed by atoms with Crippen molar-refractivity contribution < 1.29 is 0 Å². The molecular formula is C15H22. The molecule has 2 rings (SSSR count). The molecule has 0 heterocycles. The standard InChI is InChI=1S/C15H22/c1-4-12-9-10-13-7-5-6-8-14(13)15(12)11(2)3/h9-11H,4-8H2,1-3H3. The highest BCUT2D eigenvalue weighted by atomic mass is 14.2.